The summed E-state index contributed by atoms with van der Waals surface area (Å²) < 4.78 is 14.5. The number of benzene rings is 1. The molecule has 3 aromatic heterocycles. The Hall–Kier alpha value is -3.62. The van der Waals surface area contributed by atoms with Crippen LogP contribution in [0.5, 0.6) is 11.5 Å². The summed E-state index contributed by atoms with van der Waals surface area (Å²) in [7, 11) is 5.22. The van der Waals surface area contributed by atoms with Gasteiger partial charge in [0.2, 0.25) is 0 Å². The van der Waals surface area contributed by atoms with E-state index < -0.39 is 0 Å². The lowest BCUT2D eigenvalue weighted by Crippen LogP contribution is -2.19. The van der Waals surface area contributed by atoms with Crippen molar-refractivity contribution in [3.05, 3.63) is 60.1 Å². The topological polar surface area (TPSA) is 91.4 Å². The van der Waals surface area contributed by atoms with E-state index in [2.05, 4.69) is 25.4 Å². The van der Waals surface area contributed by atoms with Gasteiger partial charge >= 0.3 is 0 Å². The average Bonchev–Trinajstić information content (AvgIpc) is 3.34. The van der Waals surface area contributed by atoms with Crippen LogP contribution in [0.3, 0.4) is 0 Å². The van der Waals surface area contributed by atoms with Crippen LogP contribution in [0.4, 0.5) is 5.82 Å². The summed E-state index contributed by atoms with van der Waals surface area (Å²) in [5.41, 5.74) is 1.78. The first-order valence-corrected chi connectivity index (χ1v) is 8.73. The second kappa shape index (κ2) is 7.18. The van der Waals surface area contributed by atoms with E-state index in [4.69, 9.17) is 9.47 Å². The third-order valence-corrected chi connectivity index (χ3v) is 4.50. The van der Waals surface area contributed by atoms with Crippen LogP contribution in [0.15, 0.2) is 43.0 Å². The fourth-order valence-corrected chi connectivity index (χ4v) is 3.13. The Morgan fingerprint density at radius 3 is 2.43 bits per heavy atom. The Balaban J connectivity index is 1.85. The number of ether oxygens (including phenoxy) is 2. The van der Waals surface area contributed by atoms with Crippen molar-refractivity contribution in [2.45, 2.75) is 13.0 Å². The summed E-state index contributed by atoms with van der Waals surface area (Å²) in [6.07, 6.45) is 5.16. The molecule has 1 aromatic carbocycles. The molecule has 9 heteroatoms. The standard InChI is InChI=1S/C19H21N7O2/c1-12-7-16(26-19(23-12)21-11-22-26)24-17(18-20-5-6-25(18)2)13-8-14(27-3)10-15(9-13)28-4/h5-11,17,24H,1-4H3. The Kier molecular flexibility index (Phi) is 4.56. The number of methoxy groups -OCH3 is 2. The number of imidazole rings is 1. The van der Waals surface area contributed by atoms with Crippen molar-refractivity contribution in [3.63, 3.8) is 0 Å². The minimum Gasteiger partial charge on any atom is -0.497 e. The number of hydrogen-bond donors (Lipinski definition) is 1. The molecule has 0 spiro atoms. The third kappa shape index (κ3) is 3.22. The van der Waals surface area contributed by atoms with E-state index in [0.29, 0.717) is 17.3 Å². The van der Waals surface area contributed by atoms with Crippen LogP contribution in [0, 0.1) is 6.92 Å². The van der Waals surface area contributed by atoms with Crippen molar-refractivity contribution >= 4 is 11.6 Å². The number of hydrogen-bond acceptors (Lipinski definition) is 7. The minimum atomic E-state index is -0.279. The Bertz CT molecular complexity index is 1100. The zero-order chi connectivity index (χ0) is 19.7. The molecule has 0 aliphatic carbocycles. The third-order valence-electron chi connectivity index (χ3n) is 4.50. The second-order valence-corrected chi connectivity index (χ2v) is 6.37. The first-order valence-electron chi connectivity index (χ1n) is 8.73. The average molecular weight is 379 g/mol. The van der Waals surface area contributed by atoms with Crippen molar-refractivity contribution in [2.75, 3.05) is 19.5 Å². The van der Waals surface area contributed by atoms with Gasteiger partial charge in [0, 0.05) is 37.3 Å². The molecule has 0 fully saturated rings. The molecule has 0 aliphatic rings. The summed E-state index contributed by atoms with van der Waals surface area (Å²) >= 11 is 0. The Morgan fingerprint density at radius 1 is 1.04 bits per heavy atom. The first-order chi connectivity index (χ1) is 13.6. The summed E-state index contributed by atoms with van der Waals surface area (Å²) in [5.74, 6) is 3.52. The lowest BCUT2D eigenvalue weighted by atomic mass is 10.0. The van der Waals surface area contributed by atoms with E-state index in [1.165, 1.54) is 6.33 Å². The smallest absolute Gasteiger partial charge is 0.254 e. The van der Waals surface area contributed by atoms with E-state index >= 15 is 0 Å². The fourth-order valence-electron chi connectivity index (χ4n) is 3.13. The highest BCUT2D eigenvalue weighted by Gasteiger charge is 2.22. The Morgan fingerprint density at radius 2 is 1.79 bits per heavy atom. The van der Waals surface area contributed by atoms with Crippen LogP contribution in [-0.2, 0) is 7.05 Å². The Labute approximate surface area is 162 Å². The van der Waals surface area contributed by atoms with E-state index in [1.807, 2.05) is 49.0 Å². The van der Waals surface area contributed by atoms with Crippen LogP contribution in [0.25, 0.3) is 5.78 Å². The van der Waals surface area contributed by atoms with Crippen molar-refractivity contribution in [2.24, 2.45) is 7.05 Å². The molecule has 0 saturated carbocycles. The highest BCUT2D eigenvalue weighted by atomic mass is 16.5. The van der Waals surface area contributed by atoms with Crippen LogP contribution in [-0.4, -0.2) is 43.4 Å². The molecule has 0 radical (unpaired) electrons. The molecule has 3 heterocycles. The van der Waals surface area contributed by atoms with Gasteiger partial charge in [-0.1, -0.05) is 0 Å². The monoisotopic (exact) mass is 379 g/mol. The quantitative estimate of drug-likeness (QED) is 0.550. The van der Waals surface area contributed by atoms with Gasteiger partial charge in [0.15, 0.2) is 0 Å². The lowest BCUT2D eigenvalue weighted by molar-refractivity contribution is 0.393. The molecule has 1 atom stereocenters. The summed E-state index contributed by atoms with van der Waals surface area (Å²) in [4.78, 5) is 13.1. The second-order valence-electron chi connectivity index (χ2n) is 6.37. The molecule has 1 unspecified atom stereocenters. The van der Waals surface area contributed by atoms with Crippen LogP contribution < -0.4 is 14.8 Å². The van der Waals surface area contributed by atoms with E-state index in [1.54, 1.807) is 24.9 Å². The van der Waals surface area contributed by atoms with Gasteiger partial charge in [-0.25, -0.2) is 9.97 Å². The van der Waals surface area contributed by atoms with Crippen molar-refractivity contribution in [3.8, 4) is 11.5 Å². The molecule has 0 aliphatic heterocycles. The number of anilines is 1. The summed E-state index contributed by atoms with van der Waals surface area (Å²) in [6, 6.07) is 7.40. The van der Waals surface area contributed by atoms with Crippen LogP contribution in [0.1, 0.15) is 23.1 Å². The predicted octanol–water partition coefficient (Wildman–Crippen LogP) is 2.38. The van der Waals surface area contributed by atoms with Gasteiger partial charge < -0.3 is 19.4 Å². The number of rotatable bonds is 6. The number of aryl methyl sites for hydroxylation is 2. The highest BCUT2D eigenvalue weighted by Crippen LogP contribution is 2.31. The molecule has 144 valence electrons. The number of aromatic nitrogens is 6. The van der Waals surface area contributed by atoms with Gasteiger partial charge in [0.05, 0.1) is 14.2 Å². The maximum atomic E-state index is 5.45. The van der Waals surface area contributed by atoms with Gasteiger partial charge in [0.1, 0.15) is 35.5 Å². The maximum absolute atomic E-state index is 5.45. The normalized spacial score (nSPS) is 12.1. The first kappa shape index (κ1) is 17.8. The largest absolute Gasteiger partial charge is 0.497 e. The number of nitrogens with one attached hydrogen (secondary N) is 1. The minimum absolute atomic E-state index is 0.279. The SMILES string of the molecule is COc1cc(OC)cc(C(Nc2cc(C)nc3ncnn23)c2nccn2C)c1. The van der Waals surface area contributed by atoms with Crippen molar-refractivity contribution in [1.82, 2.24) is 29.1 Å². The van der Waals surface area contributed by atoms with Crippen LogP contribution in [0.2, 0.25) is 0 Å². The lowest BCUT2D eigenvalue weighted by Gasteiger charge is -2.22. The molecular weight excluding hydrogens is 358 g/mol. The zero-order valence-electron chi connectivity index (χ0n) is 16.1. The van der Waals surface area contributed by atoms with E-state index in [9.17, 15) is 0 Å². The van der Waals surface area contributed by atoms with Gasteiger partial charge in [0.25, 0.3) is 5.78 Å². The highest BCUT2D eigenvalue weighted by molar-refractivity contribution is 5.50. The van der Waals surface area contributed by atoms with Crippen molar-refractivity contribution < 1.29 is 9.47 Å². The van der Waals surface area contributed by atoms with E-state index in [-0.39, 0.29) is 6.04 Å². The summed E-state index contributed by atoms with van der Waals surface area (Å²) in [5, 5.41) is 7.82. The van der Waals surface area contributed by atoms with Crippen LogP contribution >= 0.6 is 0 Å². The summed E-state index contributed by atoms with van der Waals surface area (Å²) in [6.45, 7) is 1.92. The van der Waals surface area contributed by atoms with Gasteiger partial charge in [-0.3, -0.25) is 0 Å². The predicted molar refractivity (Wildman–Crippen MR) is 104 cm³/mol. The van der Waals surface area contributed by atoms with Gasteiger partial charge in [-0.05, 0) is 24.6 Å². The molecule has 4 aromatic rings. The molecule has 4 rings (SSSR count). The molecule has 0 amide bonds. The maximum Gasteiger partial charge on any atom is 0.254 e. The van der Waals surface area contributed by atoms with Gasteiger partial charge in [-0.2, -0.15) is 14.6 Å². The van der Waals surface area contributed by atoms with E-state index in [0.717, 1.165) is 22.9 Å². The zero-order valence-corrected chi connectivity index (χ0v) is 16.1. The molecule has 1 N–H and O–H groups in total. The van der Waals surface area contributed by atoms with Gasteiger partial charge in [-0.15, -0.1) is 0 Å². The molecular formula is C19H21N7O2. The fraction of sp³-hybridized carbons (Fsp3) is 0.263. The molecule has 28 heavy (non-hydrogen) atoms. The molecule has 0 saturated heterocycles. The molecule has 9 nitrogen and oxygen atoms in total. The number of nitrogens with zero attached hydrogens (tertiary/aromatic N) is 6. The molecule has 0 bridgehead atoms. The number of fused-ring (bicyclic) bond motifs is 1. The van der Waals surface area contributed by atoms with Crippen molar-refractivity contribution in [1.29, 1.82) is 0 Å².